The zero-order valence-corrected chi connectivity index (χ0v) is 17.5. The van der Waals surface area contributed by atoms with Crippen LogP contribution < -0.4 is 5.73 Å². The second kappa shape index (κ2) is 6.93. The molecular weight excluding hydrogens is 306 g/mol. The van der Waals surface area contributed by atoms with Crippen molar-refractivity contribution in [2.24, 2.45) is 16.6 Å². The second-order valence-electron chi connectivity index (χ2n) is 8.74. The molecule has 2 N–H and O–H groups in total. The fourth-order valence-corrected chi connectivity index (χ4v) is 3.86. The second-order valence-corrected chi connectivity index (χ2v) is 8.74. The average molecular weight is 344 g/mol. The van der Waals surface area contributed by atoms with Gasteiger partial charge in [-0.05, 0) is 56.6 Å². The van der Waals surface area contributed by atoms with E-state index in [2.05, 4.69) is 82.6 Å². The summed E-state index contributed by atoms with van der Waals surface area (Å²) in [5.74, 6) is 0. The van der Waals surface area contributed by atoms with Crippen LogP contribution in [0.4, 0.5) is 0 Å². The number of nitrogens with zero attached hydrogens (tertiary/aromatic N) is 2. The topological polar surface area (TPSA) is 32.5 Å². The standard InChI is InChI=1S/C22H37N3/c1-9-20-24(10-2)19(15-16(3)23)17(4)25(20)18-11-13-22(8,14-12-18)21(5,6)7/h11-13,15,20H,9-10,14,23H2,1-8H3/b16-15-. The molecule has 3 heteroatoms. The van der Waals surface area contributed by atoms with Crippen LogP contribution in [0.1, 0.15) is 68.2 Å². The van der Waals surface area contributed by atoms with E-state index in [-0.39, 0.29) is 10.8 Å². The van der Waals surface area contributed by atoms with Gasteiger partial charge >= 0.3 is 0 Å². The van der Waals surface area contributed by atoms with E-state index in [1.807, 2.05) is 6.92 Å². The molecule has 0 aromatic rings. The van der Waals surface area contributed by atoms with E-state index in [1.54, 1.807) is 0 Å². The highest BCUT2D eigenvalue weighted by atomic mass is 15.4. The number of hydrogen-bond donors (Lipinski definition) is 1. The molecule has 1 aliphatic carbocycles. The van der Waals surface area contributed by atoms with Gasteiger partial charge in [-0.3, -0.25) is 0 Å². The Hall–Kier alpha value is -1.64. The molecule has 1 heterocycles. The van der Waals surface area contributed by atoms with Gasteiger partial charge in [-0.1, -0.05) is 46.8 Å². The van der Waals surface area contributed by atoms with Gasteiger partial charge in [0.2, 0.25) is 0 Å². The minimum Gasteiger partial charge on any atom is -0.402 e. The van der Waals surface area contributed by atoms with Crippen LogP contribution in [-0.2, 0) is 0 Å². The Kier molecular flexibility index (Phi) is 5.46. The molecule has 0 fully saturated rings. The third-order valence-electron chi connectivity index (χ3n) is 6.12. The zero-order chi connectivity index (χ0) is 19.0. The maximum Gasteiger partial charge on any atom is 0.106 e. The molecule has 2 aliphatic rings. The summed E-state index contributed by atoms with van der Waals surface area (Å²) in [7, 11) is 0. The summed E-state index contributed by atoms with van der Waals surface area (Å²) >= 11 is 0. The molecule has 0 aromatic carbocycles. The van der Waals surface area contributed by atoms with Crippen molar-refractivity contribution in [3.63, 3.8) is 0 Å². The van der Waals surface area contributed by atoms with E-state index in [0.717, 1.165) is 25.1 Å². The lowest BCUT2D eigenvalue weighted by Crippen LogP contribution is -2.40. The predicted octanol–water partition coefficient (Wildman–Crippen LogP) is 5.35. The van der Waals surface area contributed by atoms with E-state index < -0.39 is 0 Å². The van der Waals surface area contributed by atoms with Crippen LogP contribution in [0.2, 0.25) is 0 Å². The lowest BCUT2D eigenvalue weighted by Gasteiger charge is -2.42. The molecule has 0 aromatic heterocycles. The van der Waals surface area contributed by atoms with Gasteiger partial charge in [0.1, 0.15) is 6.17 Å². The largest absolute Gasteiger partial charge is 0.402 e. The van der Waals surface area contributed by atoms with Crippen LogP contribution in [0.15, 0.2) is 47.1 Å². The summed E-state index contributed by atoms with van der Waals surface area (Å²) < 4.78 is 0. The fourth-order valence-electron chi connectivity index (χ4n) is 3.86. The molecule has 0 radical (unpaired) electrons. The van der Waals surface area contributed by atoms with Crippen molar-refractivity contribution in [3.8, 4) is 0 Å². The van der Waals surface area contributed by atoms with Gasteiger partial charge in [0.25, 0.3) is 0 Å². The van der Waals surface area contributed by atoms with E-state index in [0.29, 0.717) is 6.17 Å². The fraction of sp³-hybridized carbons (Fsp3) is 0.636. The van der Waals surface area contributed by atoms with Crippen molar-refractivity contribution in [1.29, 1.82) is 0 Å². The molecule has 1 aliphatic heterocycles. The lowest BCUT2D eigenvalue weighted by atomic mass is 9.64. The molecule has 0 saturated heterocycles. The quantitative estimate of drug-likeness (QED) is 0.747. The van der Waals surface area contributed by atoms with Gasteiger partial charge in [-0.15, -0.1) is 0 Å². The third-order valence-corrected chi connectivity index (χ3v) is 6.12. The van der Waals surface area contributed by atoms with E-state index in [9.17, 15) is 0 Å². The van der Waals surface area contributed by atoms with E-state index >= 15 is 0 Å². The van der Waals surface area contributed by atoms with Crippen LogP contribution in [0, 0.1) is 10.8 Å². The number of nitrogens with two attached hydrogens (primary N) is 1. The van der Waals surface area contributed by atoms with Gasteiger partial charge in [0, 0.05) is 23.6 Å². The molecule has 0 saturated carbocycles. The van der Waals surface area contributed by atoms with Gasteiger partial charge in [0.05, 0.1) is 5.70 Å². The van der Waals surface area contributed by atoms with Crippen molar-refractivity contribution in [2.45, 2.75) is 74.4 Å². The first kappa shape index (κ1) is 19.7. The molecule has 0 spiro atoms. The Labute approximate surface area is 154 Å². The SMILES string of the molecule is CCC1N(CC)C(/C=C(/C)N)=C(C)N1C1=CCC(C)(C(C)(C)C)C=C1. The van der Waals surface area contributed by atoms with Crippen LogP contribution in [0.5, 0.6) is 0 Å². The number of rotatable bonds is 4. The van der Waals surface area contributed by atoms with Crippen molar-refractivity contribution in [3.05, 3.63) is 47.1 Å². The van der Waals surface area contributed by atoms with Crippen molar-refractivity contribution >= 4 is 0 Å². The Bertz CT molecular complexity index is 626. The first-order valence-corrected chi connectivity index (χ1v) is 9.65. The van der Waals surface area contributed by atoms with Crippen molar-refractivity contribution < 1.29 is 0 Å². The first-order chi connectivity index (χ1) is 11.6. The van der Waals surface area contributed by atoms with Crippen LogP contribution in [0.25, 0.3) is 0 Å². The van der Waals surface area contributed by atoms with Gasteiger partial charge < -0.3 is 15.5 Å². The monoisotopic (exact) mass is 343 g/mol. The Morgan fingerprint density at radius 2 is 2.00 bits per heavy atom. The third kappa shape index (κ3) is 3.51. The maximum atomic E-state index is 6.00. The van der Waals surface area contributed by atoms with Crippen molar-refractivity contribution in [1.82, 2.24) is 9.80 Å². The smallest absolute Gasteiger partial charge is 0.106 e. The summed E-state index contributed by atoms with van der Waals surface area (Å²) in [4.78, 5) is 4.97. The molecule has 0 amide bonds. The van der Waals surface area contributed by atoms with E-state index in [4.69, 9.17) is 5.73 Å². The highest BCUT2D eigenvalue weighted by Crippen LogP contribution is 2.46. The molecule has 2 atom stereocenters. The van der Waals surface area contributed by atoms with Gasteiger partial charge in [-0.2, -0.15) is 0 Å². The Morgan fingerprint density at radius 3 is 2.40 bits per heavy atom. The summed E-state index contributed by atoms with van der Waals surface area (Å²) in [5.41, 5.74) is 11.2. The zero-order valence-electron chi connectivity index (χ0n) is 17.5. The first-order valence-electron chi connectivity index (χ1n) is 9.65. The number of hydrogen-bond acceptors (Lipinski definition) is 3. The maximum absolute atomic E-state index is 6.00. The molecule has 2 rings (SSSR count). The summed E-state index contributed by atoms with van der Waals surface area (Å²) in [6.07, 6.45) is 11.8. The highest BCUT2D eigenvalue weighted by Gasteiger charge is 2.39. The van der Waals surface area contributed by atoms with Gasteiger partial charge in [0.15, 0.2) is 0 Å². The number of allylic oxidation sites excluding steroid dienone is 6. The molecule has 25 heavy (non-hydrogen) atoms. The van der Waals surface area contributed by atoms with Crippen LogP contribution in [0.3, 0.4) is 0 Å². The molecule has 0 bridgehead atoms. The molecule has 140 valence electrons. The number of likely N-dealkylation sites (N-methyl/N-ethyl adjacent to an activating group) is 1. The summed E-state index contributed by atoms with van der Waals surface area (Å²) in [6, 6.07) is 0. The van der Waals surface area contributed by atoms with Crippen molar-refractivity contribution in [2.75, 3.05) is 6.54 Å². The summed E-state index contributed by atoms with van der Waals surface area (Å²) in [6.45, 7) is 19.0. The Morgan fingerprint density at radius 1 is 1.36 bits per heavy atom. The summed E-state index contributed by atoms with van der Waals surface area (Å²) in [5, 5.41) is 0. The predicted molar refractivity (Wildman–Crippen MR) is 108 cm³/mol. The van der Waals surface area contributed by atoms with E-state index in [1.165, 1.54) is 17.1 Å². The van der Waals surface area contributed by atoms with Gasteiger partial charge in [-0.25, -0.2) is 0 Å². The average Bonchev–Trinajstić information content (AvgIpc) is 2.78. The normalized spacial score (nSPS) is 28.1. The molecule has 3 nitrogen and oxygen atoms in total. The van der Waals surface area contributed by atoms with Crippen LogP contribution >= 0.6 is 0 Å². The molecular formula is C22H37N3. The lowest BCUT2D eigenvalue weighted by molar-refractivity contribution is 0.156. The highest BCUT2D eigenvalue weighted by molar-refractivity contribution is 5.38. The molecule has 2 unspecified atom stereocenters. The Balaban J connectivity index is 2.40. The minimum absolute atomic E-state index is 0.205. The minimum atomic E-state index is 0.205. The van der Waals surface area contributed by atoms with Crippen LogP contribution in [-0.4, -0.2) is 22.5 Å².